The molecule has 0 amide bonds. The fourth-order valence-electron chi connectivity index (χ4n) is 4.05. The van der Waals surface area contributed by atoms with Crippen molar-refractivity contribution in [3.05, 3.63) is 0 Å². The molecule has 4 heteroatoms. The second kappa shape index (κ2) is 19.2. The van der Waals surface area contributed by atoms with Gasteiger partial charge in [0.1, 0.15) is 12.2 Å². The molecule has 0 saturated heterocycles. The second-order valence-electron chi connectivity index (χ2n) is 8.53. The summed E-state index contributed by atoms with van der Waals surface area (Å²) in [4.78, 5) is 23.3. The molecule has 0 aliphatic rings. The highest BCUT2D eigenvalue weighted by molar-refractivity contribution is 5.59. The lowest BCUT2D eigenvalue weighted by Gasteiger charge is -2.27. The minimum atomic E-state index is -0.659. The highest BCUT2D eigenvalue weighted by Crippen LogP contribution is 2.26. The Morgan fingerprint density at radius 1 is 0.621 bits per heavy atom. The SMILES string of the molecule is CCCCC(CC)C(CCCC)OOC(=O)OC(CCCC)C(CC)CCCC. The largest absolute Gasteiger partial charge is 0.540 e. The fourth-order valence-corrected chi connectivity index (χ4v) is 4.05. The first-order valence-corrected chi connectivity index (χ1v) is 12.6. The number of carbonyl (C=O) groups is 1. The summed E-state index contributed by atoms with van der Waals surface area (Å²) in [5, 5.41) is 0. The molecule has 0 saturated carbocycles. The Kier molecular flexibility index (Phi) is 18.7. The summed E-state index contributed by atoms with van der Waals surface area (Å²) in [7, 11) is 0. The zero-order valence-corrected chi connectivity index (χ0v) is 20.3. The Balaban J connectivity index is 4.83. The Morgan fingerprint density at radius 3 is 1.48 bits per heavy atom. The first-order chi connectivity index (χ1) is 14.1. The van der Waals surface area contributed by atoms with E-state index >= 15 is 0 Å². The first-order valence-electron chi connectivity index (χ1n) is 12.6. The summed E-state index contributed by atoms with van der Waals surface area (Å²) in [6, 6.07) is 0. The van der Waals surface area contributed by atoms with Crippen LogP contribution in [0, 0.1) is 11.8 Å². The number of hydrogen-bond acceptors (Lipinski definition) is 4. The monoisotopic (exact) mass is 414 g/mol. The summed E-state index contributed by atoms with van der Waals surface area (Å²) in [6.07, 6.45) is 14.4. The van der Waals surface area contributed by atoms with Crippen LogP contribution in [0.3, 0.4) is 0 Å². The summed E-state index contributed by atoms with van der Waals surface area (Å²) < 4.78 is 5.77. The predicted molar refractivity (Wildman–Crippen MR) is 122 cm³/mol. The predicted octanol–water partition coefficient (Wildman–Crippen LogP) is 8.62. The van der Waals surface area contributed by atoms with Gasteiger partial charge in [-0.3, -0.25) is 4.89 Å². The molecule has 0 aliphatic carbocycles. The third-order valence-electron chi connectivity index (χ3n) is 6.13. The lowest BCUT2D eigenvalue weighted by Crippen LogP contribution is -2.30. The number of rotatable bonds is 19. The van der Waals surface area contributed by atoms with E-state index in [-0.39, 0.29) is 12.2 Å². The van der Waals surface area contributed by atoms with Crippen molar-refractivity contribution in [3.8, 4) is 0 Å². The Bertz CT molecular complexity index is 372. The molecule has 174 valence electrons. The van der Waals surface area contributed by atoms with Crippen LogP contribution in [0.15, 0.2) is 0 Å². The summed E-state index contributed by atoms with van der Waals surface area (Å²) in [5.41, 5.74) is 0. The van der Waals surface area contributed by atoms with Crippen LogP contribution in [-0.4, -0.2) is 18.4 Å². The van der Waals surface area contributed by atoms with E-state index < -0.39 is 6.16 Å². The van der Waals surface area contributed by atoms with Gasteiger partial charge in [0.25, 0.3) is 0 Å². The Hall–Kier alpha value is -0.770. The van der Waals surface area contributed by atoms with Gasteiger partial charge in [-0.2, -0.15) is 4.89 Å². The van der Waals surface area contributed by atoms with Crippen LogP contribution in [0.4, 0.5) is 4.79 Å². The van der Waals surface area contributed by atoms with Crippen molar-refractivity contribution in [3.63, 3.8) is 0 Å². The van der Waals surface area contributed by atoms with Crippen LogP contribution in [0.25, 0.3) is 0 Å². The quantitative estimate of drug-likeness (QED) is 0.120. The summed E-state index contributed by atoms with van der Waals surface area (Å²) >= 11 is 0. The van der Waals surface area contributed by atoms with Gasteiger partial charge in [0.15, 0.2) is 0 Å². The third-order valence-corrected chi connectivity index (χ3v) is 6.13. The standard InChI is InChI=1S/C25H50O4/c1-7-13-17-21(11-5)23(19-15-9-3)27-25(26)29-28-24(20-16-10-4)22(12-6)18-14-8-2/h21-24H,7-20H2,1-6H3. The number of ether oxygens (including phenoxy) is 1. The highest BCUT2D eigenvalue weighted by Gasteiger charge is 2.27. The molecule has 0 radical (unpaired) electrons. The van der Waals surface area contributed by atoms with E-state index in [1.54, 1.807) is 0 Å². The van der Waals surface area contributed by atoms with Crippen LogP contribution in [-0.2, 0) is 14.5 Å². The van der Waals surface area contributed by atoms with E-state index in [1.165, 1.54) is 25.7 Å². The molecule has 4 unspecified atom stereocenters. The number of carbonyl (C=O) groups excluding carboxylic acids is 1. The van der Waals surface area contributed by atoms with Gasteiger partial charge >= 0.3 is 6.16 Å². The van der Waals surface area contributed by atoms with Crippen LogP contribution in [0.2, 0.25) is 0 Å². The molecule has 0 heterocycles. The van der Waals surface area contributed by atoms with Crippen molar-refractivity contribution in [2.24, 2.45) is 11.8 Å². The van der Waals surface area contributed by atoms with E-state index in [1.807, 2.05) is 0 Å². The van der Waals surface area contributed by atoms with Crippen molar-refractivity contribution < 1.29 is 19.3 Å². The molecule has 0 bridgehead atoms. The smallest absolute Gasteiger partial charge is 0.429 e. The molecule has 0 aliphatic heterocycles. The minimum absolute atomic E-state index is 0.0322. The van der Waals surface area contributed by atoms with E-state index in [4.69, 9.17) is 14.5 Å². The maximum atomic E-state index is 12.4. The highest BCUT2D eigenvalue weighted by atomic mass is 17.2. The van der Waals surface area contributed by atoms with Crippen molar-refractivity contribution in [2.75, 3.05) is 0 Å². The van der Waals surface area contributed by atoms with Crippen LogP contribution >= 0.6 is 0 Å². The van der Waals surface area contributed by atoms with Crippen molar-refractivity contribution in [1.29, 1.82) is 0 Å². The zero-order valence-electron chi connectivity index (χ0n) is 20.3. The summed E-state index contributed by atoms with van der Waals surface area (Å²) in [6.45, 7) is 13.1. The van der Waals surface area contributed by atoms with Crippen LogP contribution in [0.5, 0.6) is 0 Å². The Labute approximate surface area is 181 Å². The molecule has 0 spiro atoms. The fraction of sp³-hybridized carbons (Fsp3) is 0.960. The van der Waals surface area contributed by atoms with Crippen LogP contribution in [0.1, 0.15) is 131 Å². The van der Waals surface area contributed by atoms with Gasteiger partial charge in [0, 0.05) is 0 Å². The van der Waals surface area contributed by atoms with E-state index in [2.05, 4.69) is 41.5 Å². The maximum absolute atomic E-state index is 12.4. The molecule has 0 aromatic carbocycles. The molecule has 0 rings (SSSR count). The topological polar surface area (TPSA) is 44.8 Å². The van der Waals surface area contributed by atoms with Gasteiger partial charge in [-0.05, 0) is 43.9 Å². The molecule has 0 fully saturated rings. The normalized spacial score (nSPS) is 15.5. The summed E-state index contributed by atoms with van der Waals surface area (Å²) in [5.74, 6) is 0.830. The van der Waals surface area contributed by atoms with E-state index in [0.717, 1.165) is 64.2 Å². The van der Waals surface area contributed by atoms with Gasteiger partial charge in [-0.25, -0.2) is 4.79 Å². The van der Waals surface area contributed by atoms with E-state index in [9.17, 15) is 4.79 Å². The average molecular weight is 415 g/mol. The van der Waals surface area contributed by atoms with Gasteiger partial charge in [0.05, 0.1) is 0 Å². The average Bonchev–Trinajstić information content (AvgIpc) is 2.73. The molecule has 4 atom stereocenters. The van der Waals surface area contributed by atoms with Gasteiger partial charge in [0.2, 0.25) is 0 Å². The van der Waals surface area contributed by atoms with E-state index in [0.29, 0.717) is 11.8 Å². The lowest BCUT2D eigenvalue weighted by atomic mass is 9.90. The molecular weight excluding hydrogens is 364 g/mol. The number of unbranched alkanes of at least 4 members (excludes halogenated alkanes) is 4. The van der Waals surface area contributed by atoms with Gasteiger partial charge in [-0.15, -0.1) is 0 Å². The first kappa shape index (κ1) is 28.2. The molecule has 29 heavy (non-hydrogen) atoms. The molecule has 0 aromatic heterocycles. The third kappa shape index (κ3) is 13.2. The van der Waals surface area contributed by atoms with Crippen LogP contribution < -0.4 is 0 Å². The minimum Gasteiger partial charge on any atom is -0.429 e. The molecule has 0 N–H and O–H groups in total. The molecule has 4 nitrogen and oxygen atoms in total. The molecular formula is C25H50O4. The van der Waals surface area contributed by atoms with Gasteiger partial charge in [-0.1, -0.05) is 99.3 Å². The second-order valence-corrected chi connectivity index (χ2v) is 8.53. The zero-order chi connectivity index (χ0) is 21.9. The Morgan fingerprint density at radius 2 is 1.03 bits per heavy atom. The van der Waals surface area contributed by atoms with Crippen molar-refractivity contribution >= 4 is 6.16 Å². The van der Waals surface area contributed by atoms with Crippen molar-refractivity contribution in [1.82, 2.24) is 0 Å². The molecule has 0 aromatic rings. The van der Waals surface area contributed by atoms with Crippen molar-refractivity contribution in [2.45, 2.75) is 144 Å². The number of hydrogen-bond donors (Lipinski definition) is 0. The van der Waals surface area contributed by atoms with Gasteiger partial charge < -0.3 is 4.74 Å². The maximum Gasteiger partial charge on any atom is 0.540 e. The lowest BCUT2D eigenvalue weighted by molar-refractivity contribution is -0.301.